The topological polar surface area (TPSA) is 32.5 Å². The number of nitrogens with two attached hydrogens (primary N) is 1. The van der Waals surface area contributed by atoms with Crippen molar-refractivity contribution < 1.29 is 0 Å². The molecule has 100 valence electrons. The predicted octanol–water partition coefficient (Wildman–Crippen LogP) is 1.54. The van der Waals surface area contributed by atoms with Gasteiger partial charge >= 0.3 is 0 Å². The van der Waals surface area contributed by atoms with Crippen molar-refractivity contribution in [2.75, 3.05) is 33.2 Å². The molecule has 0 aliphatic carbocycles. The van der Waals surface area contributed by atoms with Gasteiger partial charge in [-0.1, -0.05) is 30.3 Å². The first-order valence-corrected chi connectivity index (χ1v) is 6.96. The Morgan fingerprint density at radius 3 is 2.83 bits per heavy atom. The normalized spacial score (nSPS) is 21.4. The van der Waals surface area contributed by atoms with E-state index in [4.69, 9.17) is 5.73 Å². The summed E-state index contributed by atoms with van der Waals surface area (Å²) < 4.78 is 0. The second-order valence-corrected chi connectivity index (χ2v) is 5.29. The Kier molecular flexibility index (Phi) is 5.17. The van der Waals surface area contributed by atoms with Crippen molar-refractivity contribution in [3.05, 3.63) is 35.9 Å². The van der Waals surface area contributed by atoms with Crippen molar-refractivity contribution in [2.45, 2.75) is 25.4 Å². The zero-order chi connectivity index (χ0) is 12.8. The van der Waals surface area contributed by atoms with E-state index in [0.29, 0.717) is 6.04 Å². The van der Waals surface area contributed by atoms with Crippen molar-refractivity contribution >= 4 is 0 Å². The van der Waals surface area contributed by atoms with E-state index in [1.54, 1.807) is 0 Å². The van der Waals surface area contributed by atoms with Gasteiger partial charge in [-0.05, 0) is 32.0 Å². The maximum absolute atomic E-state index is 5.64. The van der Waals surface area contributed by atoms with Crippen LogP contribution in [0, 0.1) is 0 Å². The number of nitrogens with zero attached hydrogens (tertiary/aromatic N) is 2. The second-order valence-electron chi connectivity index (χ2n) is 5.29. The Morgan fingerprint density at radius 2 is 2.11 bits per heavy atom. The maximum Gasteiger partial charge on any atom is 0.0234 e. The third kappa shape index (κ3) is 3.80. The van der Waals surface area contributed by atoms with Gasteiger partial charge in [0.2, 0.25) is 0 Å². The smallest absolute Gasteiger partial charge is 0.0234 e. The first kappa shape index (κ1) is 13.5. The lowest BCUT2D eigenvalue weighted by Gasteiger charge is -2.37. The van der Waals surface area contributed by atoms with E-state index < -0.39 is 0 Å². The fraction of sp³-hybridized carbons (Fsp3) is 0.600. The van der Waals surface area contributed by atoms with Crippen LogP contribution in [0.4, 0.5) is 0 Å². The molecule has 0 spiro atoms. The molecule has 0 radical (unpaired) electrons. The minimum absolute atomic E-state index is 0.672. The minimum atomic E-state index is 0.672. The van der Waals surface area contributed by atoms with E-state index in [0.717, 1.165) is 19.6 Å². The van der Waals surface area contributed by atoms with E-state index in [9.17, 15) is 0 Å². The third-order valence-electron chi connectivity index (χ3n) is 3.83. The molecule has 1 atom stereocenters. The summed E-state index contributed by atoms with van der Waals surface area (Å²) in [5.74, 6) is 0. The minimum Gasteiger partial charge on any atom is -0.329 e. The molecule has 1 heterocycles. The van der Waals surface area contributed by atoms with Crippen molar-refractivity contribution in [3.63, 3.8) is 0 Å². The molecule has 0 aromatic heterocycles. The molecule has 3 heteroatoms. The zero-order valence-electron chi connectivity index (χ0n) is 11.4. The highest BCUT2D eigenvalue weighted by molar-refractivity contribution is 5.14. The van der Waals surface area contributed by atoms with Gasteiger partial charge in [0.15, 0.2) is 0 Å². The number of likely N-dealkylation sites (N-methyl/N-ethyl adjacent to an activating group) is 1. The second kappa shape index (κ2) is 6.88. The van der Waals surface area contributed by atoms with Crippen LogP contribution in [0.3, 0.4) is 0 Å². The summed E-state index contributed by atoms with van der Waals surface area (Å²) in [5.41, 5.74) is 7.06. The fourth-order valence-corrected chi connectivity index (χ4v) is 2.76. The molecule has 0 bridgehead atoms. The summed E-state index contributed by atoms with van der Waals surface area (Å²) in [5, 5.41) is 0. The molecule has 2 rings (SSSR count). The summed E-state index contributed by atoms with van der Waals surface area (Å²) in [7, 11) is 2.20. The van der Waals surface area contributed by atoms with E-state index in [1.165, 1.54) is 31.5 Å². The Bertz CT molecular complexity index is 339. The summed E-state index contributed by atoms with van der Waals surface area (Å²) in [6.07, 6.45) is 2.61. The van der Waals surface area contributed by atoms with Gasteiger partial charge in [0, 0.05) is 32.2 Å². The number of hydrogen-bond donors (Lipinski definition) is 1. The van der Waals surface area contributed by atoms with E-state index >= 15 is 0 Å². The first-order valence-electron chi connectivity index (χ1n) is 6.96. The first-order chi connectivity index (χ1) is 8.79. The maximum atomic E-state index is 5.64. The van der Waals surface area contributed by atoms with Crippen LogP contribution in [0.25, 0.3) is 0 Å². The molecule has 2 N–H and O–H groups in total. The highest BCUT2D eigenvalue weighted by Gasteiger charge is 2.22. The molecule has 1 saturated heterocycles. The predicted molar refractivity (Wildman–Crippen MR) is 76.4 cm³/mol. The third-order valence-corrected chi connectivity index (χ3v) is 3.83. The number of benzene rings is 1. The van der Waals surface area contributed by atoms with Crippen LogP contribution in [-0.2, 0) is 6.54 Å². The lowest BCUT2D eigenvalue weighted by atomic mass is 10.0. The molecule has 1 aromatic rings. The Labute approximate surface area is 111 Å². The zero-order valence-corrected chi connectivity index (χ0v) is 11.4. The summed E-state index contributed by atoms with van der Waals surface area (Å²) in [4.78, 5) is 4.98. The molecule has 18 heavy (non-hydrogen) atoms. The Balaban J connectivity index is 1.87. The average Bonchev–Trinajstić information content (AvgIpc) is 2.40. The SMILES string of the molecule is CN(CCN)C1CCCN(Cc2ccccc2)C1. The standard InChI is InChI=1S/C15H25N3/c1-17(11-9-16)15-8-5-10-18(13-15)12-14-6-3-2-4-7-14/h2-4,6-7,15H,5,8-13,16H2,1H3. The van der Waals surface area contributed by atoms with Crippen molar-refractivity contribution in [3.8, 4) is 0 Å². The van der Waals surface area contributed by atoms with Crippen molar-refractivity contribution in [2.24, 2.45) is 5.73 Å². The highest BCUT2D eigenvalue weighted by Crippen LogP contribution is 2.16. The van der Waals surface area contributed by atoms with Crippen LogP contribution in [0.1, 0.15) is 18.4 Å². The van der Waals surface area contributed by atoms with Crippen molar-refractivity contribution in [1.82, 2.24) is 9.80 Å². The highest BCUT2D eigenvalue weighted by atomic mass is 15.2. The molecule has 1 unspecified atom stereocenters. The summed E-state index contributed by atoms with van der Waals surface area (Å²) in [6, 6.07) is 11.4. The number of piperidine rings is 1. The van der Waals surface area contributed by atoms with Gasteiger partial charge in [-0.25, -0.2) is 0 Å². The van der Waals surface area contributed by atoms with Crippen LogP contribution < -0.4 is 5.73 Å². The Hall–Kier alpha value is -0.900. The van der Waals surface area contributed by atoms with Crippen LogP contribution in [0.2, 0.25) is 0 Å². The molecule has 1 aliphatic heterocycles. The van der Waals surface area contributed by atoms with Gasteiger partial charge in [-0.3, -0.25) is 4.90 Å². The van der Waals surface area contributed by atoms with Gasteiger partial charge in [0.05, 0.1) is 0 Å². The number of hydrogen-bond acceptors (Lipinski definition) is 3. The molecule has 1 aromatic carbocycles. The summed E-state index contributed by atoms with van der Waals surface area (Å²) in [6.45, 7) is 5.23. The monoisotopic (exact) mass is 247 g/mol. The van der Waals surface area contributed by atoms with Gasteiger partial charge in [-0.2, -0.15) is 0 Å². The number of rotatable bonds is 5. The molecule has 1 aliphatic rings. The van der Waals surface area contributed by atoms with Gasteiger partial charge in [0.1, 0.15) is 0 Å². The van der Waals surface area contributed by atoms with Crippen LogP contribution in [-0.4, -0.2) is 49.1 Å². The molecule has 0 saturated carbocycles. The van der Waals surface area contributed by atoms with E-state index in [-0.39, 0.29) is 0 Å². The lowest BCUT2D eigenvalue weighted by molar-refractivity contribution is 0.113. The molecule has 0 amide bonds. The molecular weight excluding hydrogens is 222 g/mol. The van der Waals surface area contributed by atoms with Gasteiger partial charge in [0.25, 0.3) is 0 Å². The van der Waals surface area contributed by atoms with Crippen molar-refractivity contribution in [1.29, 1.82) is 0 Å². The van der Waals surface area contributed by atoms with E-state index in [1.807, 2.05) is 0 Å². The number of likely N-dealkylation sites (tertiary alicyclic amines) is 1. The van der Waals surface area contributed by atoms with Crippen LogP contribution in [0.5, 0.6) is 0 Å². The summed E-state index contributed by atoms with van der Waals surface area (Å²) >= 11 is 0. The quantitative estimate of drug-likeness (QED) is 0.856. The van der Waals surface area contributed by atoms with Crippen LogP contribution >= 0.6 is 0 Å². The molecule has 1 fully saturated rings. The van der Waals surface area contributed by atoms with Gasteiger partial charge in [-0.15, -0.1) is 0 Å². The fourth-order valence-electron chi connectivity index (χ4n) is 2.76. The lowest BCUT2D eigenvalue weighted by Crippen LogP contribution is -2.47. The van der Waals surface area contributed by atoms with E-state index in [2.05, 4.69) is 47.2 Å². The molecular formula is C15H25N3. The van der Waals surface area contributed by atoms with Gasteiger partial charge < -0.3 is 10.6 Å². The molecule has 3 nitrogen and oxygen atoms in total. The average molecular weight is 247 g/mol. The largest absolute Gasteiger partial charge is 0.329 e. The Morgan fingerprint density at radius 1 is 1.33 bits per heavy atom. The van der Waals surface area contributed by atoms with Crippen LogP contribution in [0.15, 0.2) is 30.3 Å².